The Kier molecular flexibility index (Phi) is 1.49. The number of hydrogen-bond acceptors (Lipinski definition) is 3. The average Bonchev–Trinajstić information content (AvgIpc) is 2.49. The van der Waals surface area contributed by atoms with Crippen LogP contribution in [-0.2, 0) is 11.3 Å². The zero-order chi connectivity index (χ0) is 8.55. The van der Waals surface area contributed by atoms with Gasteiger partial charge in [0.15, 0.2) is 0 Å². The van der Waals surface area contributed by atoms with Gasteiger partial charge >= 0.3 is 0 Å². The van der Waals surface area contributed by atoms with Crippen LogP contribution in [0.15, 0.2) is 12.5 Å². The second-order valence-corrected chi connectivity index (χ2v) is 2.86. The minimum atomic E-state index is -0.303. The van der Waals surface area contributed by atoms with E-state index in [1.807, 2.05) is 4.57 Å². The van der Waals surface area contributed by atoms with Gasteiger partial charge in [0.05, 0.1) is 12.5 Å². The number of anilines is 1. The number of nitrogens with two attached hydrogens (primary N) is 1. The number of primary amides is 1. The van der Waals surface area contributed by atoms with Crippen molar-refractivity contribution in [1.29, 1.82) is 0 Å². The molecular weight excluding hydrogens is 156 g/mol. The van der Waals surface area contributed by atoms with E-state index in [1.54, 1.807) is 12.5 Å². The highest BCUT2D eigenvalue weighted by Crippen LogP contribution is 2.16. The van der Waals surface area contributed by atoms with E-state index in [-0.39, 0.29) is 11.9 Å². The number of amides is 1. The Bertz CT molecular complexity index is 306. The molecule has 1 amide bonds. The molecule has 1 aliphatic rings. The lowest BCUT2D eigenvalue weighted by Gasteiger charge is -2.23. The first-order valence-corrected chi connectivity index (χ1v) is 3.83. The van der Waals surface area contributed by atoms with Crippen LogP contribution < -0.4 is 11.1 Å². The van der Waals surface area contributed by atoms with E-state index in [2.05, 4.69) is 10.3 Å². The van der Waals surface area contributed by atoms with Crippen LogP contribution in [0.2, 0.25) is 0 Å². The fraction of sp³-hybridized carbons (Fsp3) is 0.429. The summed E-state index contributed by atoms with van der Waals surface area (Å²) in [5.41, 5.74) is 5.16. The van der Waals surface area contributed by atoms with E-state index in [4.69, 9.17) is 5.73 Å². The molecule has 64 valence electrons. The molecule has 0 saturated carbocycles. The van der Waals surface area contributed by atoms with Gasteiger partial charge in [0.1, 0.15) is 11.9 Å². The van der Waals surface area contributed by atoms with E-state index < -0.39 is 0 Å². The second-order valence-electron chi connectivity index (χ2n) is 2.86. The van der Waals surface area contributed by atoms with Gasteiger partial charge < -0.3 is 15.6 Å². The Morgan fingerprint density at radius 1 is 1.83 bits per heavy atom. The molecule has 0 spiro atoms. The van der Waals surface area contributed by atoms with Crippen LogP contribution in [-0.4, -0.2) is 21.5 Å². The predicted octanol–water partition coefficient (Wildman–Crippen LogP) is -0.447. The first-order valence-electron chi connectivity index (χ1n) is 3.83. The van der Waals surface area contributed by atoms with E-state index in [1.165, 1.54) is 0 Å². The van der Waals surface area contributed by atoms with Crippen molar-refractivity contribution in [2.24, 2.45) is 5.73 Å². The van der Waals surface area contributed by atoms with Crippen molar-refractivity contribution in [3.05, 3.63) is 12.5 Å². The summed E-state index contributed by atoms with van der Waals surface area (Å²) in [6.45, 7) is 0.802. The maximum Gasteiger partial charge on any atom is 0.240 e. The zero-order valence-electron chi connectivity index (χ0n) is 6.53. The van der Waals surface area contributed by atoms with Gasteiger partial charge in [-0.3, -0.25) is 4.79 Å². The minimum absolute atomic E-state index is 0.241. The number of aromatic nitrogens is 2. The summed E-state index contributed by atoms with van der Waals surface area (Å²) in [5, 5.41) is 3.00. The number of carbonyl (C=O) groups excluding carboxylic acids is 1. The van der Waals surface area contributed by atoms with Gasteiger partial charge in [0.2, 0.25) is 5.91 Å². The molecule has 1 aliphatic heterocycles. The summed E-state index contributed by atoms with van der Waals surface area (Å²) in [4.78, 5) is 14.8. The highest BCUT2D eigenvalue weighted by atomic mass is 16.1. The molecule has 0 saturated heterocycles. The van der Waals surface area contributed by atoms with Crippen molar-refractivity contribution in [2.45, 2.75) is 19.0 Å². The lowest BCUT2D eigenvalue weighted by atomic mass is 10.1. The number of nitrogens with one attached hydrogen (secondary N) is 1. The van der Waals surface area contributed by atoms with E-state index in [0.29, 0.717) is 0 Å². The molecule has 1 aromatic rings. The molecule has 1 aromatic heterocycles. The molecule has 0 radical (unpaired) electrons. The van der Waals surface area contributed by atoms with Gasteiger partial charge in [-0.05, 0) is 6.42 Å². The molecule has 0 aromatic carbocycles. The van der Waals surface area contributed by atoms with Crippen molar-refractivity contribution in [3.63, 3.8) is 0 Å². The molecule has 3 N–H and O–H groups in total. The quantitative estimate of drug-likeness (QED) is 0.593. The van der Waals surface area contributed by atoms with E-state index in [0.717, 1.165) is 18.8 Å². The highest BCUT2D eigenvalue weighted by Gasteiger charge is 2.21. The van der Waals surface area contributed by atoms with E-state index >= 15 is 0 Å². The lowest BCUT2D eigenvalue weighted by molar-refractivity contribution is -0.119. The second kappa shape index (κ2) is 2.51. The van der Waals surface area contributed by atoms with Crippen LogP contribution in [0.3, 0.4) is 0 Å². The van der Waals surface area contributed by atoms with Crippen LogP contribution in [0, 0.1) is 0 Å². The zero-order valence-corrected chi connectivity index (χ0v) is 6.53. The van der Waals surface area contributed by atoms with Crippen molar-refractivity contribution >= 4 is 11.7 Å². The highest BCUT2D eigenvalue weighted by molar-refractivity contribution is 5.82. The number of fused-ring (bicyclic) bond motifs is 1. The van der Waals surface area contributed by atoms with Gasteiger partial charge in [0.25, 0.3) is 0 Å². The van der Waals surface area contributed by atoms with Gasteiger partial charge in [0, 0.05) is 6.54 Å². The predicted molar refractivity (Wildman–Crippen MR) is 43.4 cm³/mol. The first kappa shape index (κ1) is 7.15. The fourth-order valence-electron chi connectivity index (χ4n) is 1.35. The first-order chi connectivity index (χ1) is 5.77. The Morgan fingerprint density at radius 3 is 3.42 bits per heavy atom. The van der Waals surface area contributed by atoms with Crippen molar-refractivity contribution in [2.75, 3.05) is 5.32 Å². The number of nitrogens with zero attached hydrogens (tertiary/aromatic N) is 2. The summed E-state index contributed by atoms with van der Waals surface area (Å²) in [6, 6.07) is -0.241. The molecule has 1 atom stereocenters. The Balaban J connectivity index is 2.20. The largest absolute Gasteiger partial charge is 0.368 e. The lowest BCUT2D eigenvalue weighted by Crippen LogP contribution is -2.39. The molecule has 0 bridgehead atoms. The molecular formula is C7H10N4O. The van der Waals surface area contributed by atoms with Crippen molar-refractivity contribution in [3.8, 4) is 0 Å². The van der Waals surface area contributed by atoms with Gasteiger partial charge in [-0.1, -0.05) is 0 Å². The molecule has 5 heteroatoms. The standard InChI is InChI=1S/C7H10N4O/c8-7(12)5-1-2-11-4-9-3-6(11)10-5/h3-5,10H,1-2H2,(H2,8,12). The smallest absolute Gasteiger partial charge is 0.240 e. The molecule has 2 rings (SSSR count). The van der Waals surface area contributed by atoms with E-state index in [9.17, 15) is 4.79 Å². The molecule has 1 unspecified atom stereocenters. The van der Waals surface area contributed by atoms with Gasteiger partial charge in [-0.2, -0.15) is 0 Å². The molecule has 5 nitrogen and oxygen atoms in total. The molecule has 0 aliphatic carbocycles. The SMILES string of the molecule is NC(=O)C1CCn2cncc2N1. The number of rotatable bonds is 1. The maximum absolute atomic E-state index is 10.8. The summed E-state index contributed by atoms with van der Waals surface area (Å²) < 4.78 is 1.96. The third kappa shape index (κ3) is 1.03. The van der Waals surface area contributed by atoms with Crippen molar-refractivity contribution in [1.82, 2.24) is 9.55 Å². The van der Waals surface area contributed by atoms with Crippen LogP contribution in [0.25, 0.3) is 0 Å². The van der Waals surface area contributed by atoms with Gasteiger partial charge in [-0.25, -0.2) is 4.98 Å². The van der Waals surface area contributed by atoms with Gasteiger partial charge in [-0.15, -0.1) is 0 Å². The van der Waals surface area contributed by atoms with Crippen LogP contribution in [0.4, 0.5) is 5.82 Å². The Morgan fingerprint density at radius 2 is 2.67 bits per heavy atom. The van der Waals surface area contributed by atoms with Crippen LogP contribution in [0.1, 0.15) is 6.42 Å². The topological polar surface area (TPSA) is 72.9 Å². The Hall–Kier alpha value is -1.52. The van der Waals surface area contributed by atoms with Crippen LogP contribution >= 0.6 is 0 Å². The van der Waals surface area contributed by atoms with Crippen LogP contribution in [0.5, 0.6) is 0 Å². The minimum Gasteiger partial charge on any atom is -0.368 e. The monoisotopic (exact) mass is 166 g/mol. The molecule has 0 fully saturated rings. The Labute approximate surface area is 69.6 Å². The third-order valence-corrected chi connectivity index (χ3v) is 2.04. The third-order valence-electron chi connectivity index (χ3n) is 2.04. The number of aryl methyl sites for hydroxylation is 1. The summed E-state index contributed by atoms with van der Waals surface area (Å²) >= 11 is 0. The molecule has 2 heterocycles. The summed E-state index contributed by atoms with van der Waals surface area (Å²) in [6.07, 6.45) is 4.16. The number of imidazole rings is 1. The summed E-state index contributed by atoms with van der Waals surface area (Å²) in [5.74, 6) is 0.563. The summed E-state index contributed by atoms with van der Waals surface area (Å²) in [7, 11) is 0. The van der Waals surface area contributed by atoms with Crippen molar-refractivity contribution < 1.29 is 4.79 Å². The normalized spacial score (nSPS) is 21.2. The maximum atomic E-state index is 10.8. The fourth-order valence-corrected chi connectivity index (χ4v) is 1.35. The average molecular weight is 166 g/mol. The number of carbonyl (C=O) groups is 1. The number of hydrogen-bond donors (Lipinski definition) is 2. The molecule has 12 heavy (non-hydrogen) atoms.